The zero-order valence-electron chi connectivity index (χ0n) is 15.3. The Bertz CT molecular complexity index is 600. The van der Waals surface area contributed by atoms with Gasteiger partial charge in [0, 0.05) is 33.4 Å². The van der Waals surface area contributed by atoms with Crippen LogP contribution < -0.4 is 20.1 Å². The zero-order valence-corrected chi connectivity index (χ0v) is 15.3. The molecular formula is C19H29N3O3. The Morgan fingerprint density at radius 3 is 2.84 bits per heavy atom. The fourth-order valence-electron chi connectivity index (χ4n) is 3.04. The molecule has 2 N–H and O–H groups in total. The molecule has 1 fully saturated rings. The maximum atomic E-state index is 5.50. The van der Waals surface area contributed by atoms with Gasteiger partial charge in [0.2, 0.25) is 6.79 Å². The Balaban J connectivity index is 1.38. The number of fused-ring (bicyclic) bond motifs is 1. The highest BCUT2D eigenvalue weighted by atomic mass is 16.7. The van der Waals surface area contributed by atoms with Gasteiger partial charge < -0.3 is 24.8 Å². The van der Waals surface area contributed by atoms with Gasteiger partial charge >= 0.3 is 0 Å². The second-order valence-electron chi connectivity index (χ2n) is 6.74. The number of hydrogen-bond donors (Lipinski definition) is 2. The van der Waals surface area contributed by atoms with Crippen molar-refractivity contribution in [2.75, 3.05) is 40.1 Å². The predicted molar refractivity (Wildman–Crippen MR) is 98.4 cm³/mol. The number of nitrogens with zero attached hydrogens (tertiary/aromatic N) is 1. The van der Waals surface area contributed by atoms with E-state index in [0.717, 1.165) is 56.6 Å². The van der Waals surface area contributed by atoms with E-state index in [0.29, 0.717) is 12.2 Å². The molecule has 1 aliphatic heterocycles. The lowest BCUT2D eigenvalue weighted by molar-refractivity contribution is 0.128. The Morgan fingerprint density at radius 2 is 2.08 bits per heavy atom. The summed E-state index contributed by atoms with van der Waals surface area (Å²) in [5.74, 6) is 2.53. The summed E-state index contributed by atoms with van der Waals surface area (Å²) in [7, 11) is 1.82. The fourth-order valence-corrected chi connectivity index (χ4v) is 3.04. The lowest BCUT2D eigenvalue weighted by Crippen LogP contribution is -2.41. The average molecular weight is 347 g/mol. The van der Waals surface area contributed by atoms with E-state index in [2.05, 4.69) is 21.7 Å². The minimum atomic E-state index is 0.318. The molecule has 0 saturated heterocycles. The van der Waals surface area contributed by atoms with Gasteiger partial charge in [-0.15, -0.1) is 0 Å². The van der Waals surface area contributed by atoms with Gasteiger partial charge in [0.15, 0.2) is 17.5 Å². The summed E-state index contributed by atoms with van der Waals surface area (Å²) in [6.45, 7) is 5.80. The number of hydrogen-bond acceptors (Lipinski definition) is 4. The quantitative estimate of drug-likeness (QED) is 0.408. The minimum Gasteiger partial charge on any atom is -0.454 e. The van der Waals surface area contributed by atoms with Crippen LogP contribution in [-0.4, -0.2) is 46.1 Å². The van der Waals surface area contributed by atoms with E-state index in [1.54, 1.807) is 0 Å². The monoisotopic (exact) mass is 347 g/mol. The molecule has 3 rings (SSSR count). The highest BCUT2D eigenvalue weighted by molar-refractivity contribution is 5.79. The van der Waals surface area contributed by atoms with Crippen LogP contribution in [0.2, 0.25) is 0 Å². The van der Waals surface area contributed by atoms with Crippen LogP contribution in [0.25, 0.3) is 0 Å². The molecule has 25 heavy (non-hydrogen) atoms. The summed E-state index contributed by atoms with van der Waals surface area (Å²) in [5.41, 5.74) is 1.63. The Kier molecular flexibility index (Phi) is 6.02. The topological polar surface area (TPSA) is 64.1 Å². The highest BCUT2D eigenvalue weighted by Gasteiger charge is 2.41. The Morgan fingerprint density at radius 1 is 1.24 bits per heavy atom. The smallest absolute Gasteiger partial charge is 0.231 e. The first-order valence-electron chi connectivity index (χ1n) is 9.15. The van der Waals surface area contributed by atoms with Crippen LogP contribution in [0.4, 0.5) is 0 Å². The Labute approximate surface area is 149 Å². The first-order valence-corrected chi connectivity index (χ1v) is 9.15. The number of nitrogens with one attached hydrogen (secondary N) is 2. The van der Waals surface area contributed by atoms with Crippen LogP contribution in [0.5, 0.6) is 11.5 Å². The van der Waals surface area contributed by atoms with Gasteiger partial charge in [0.05, 0.1) is 0 Å². The first-order chi connectivity index (χ1) is 12.2. The van der Waals surface area contributed by atoms with E-state index in [-0.39, 0.29) is 0 Å². The van der Waals surface area contributed by atoms with Gasteiger partial charge in [-0.25, -0.2) is 0 Å². The molecule has 138 valence electrons. The van der Waals surface area contributed by atoms with Crippen LogP contribution in [0.15, 0.2) is 23.2 Å². The average Bonchev–Trinajstić information content (AvgIpc) is 3.24. The van der Waals surface area contributed by atoms with E-state index in [4.69, 9.17) is 14.2 Å². The summed E-state index contributed by atoms with van der Waals surface area (Å²) in [6.07, 6.45) is 4.59. The fraction of sp³-hybridized carbons (Fsp3) is 0.632. The van der Waals surface area contributed by atoms with Gasteiger partial charge in [0.25, 0.3) is 0 Å². The molecule has 0 atom stereocenters. The van der Waals surface area contributed by atoms with Crippen LogP contribution in [0.3, 0.4) is 0 Å². The van der Waals surface area contributed by atoms with Crippen LogP contribution in [-0.2, 0) is 11.2 Å². The molecular weight excluding hydrogens is 318 g/mol. The third-order valence-electron chi connectivity index (χ3n) is 4.94. The van der Waals surface area contributed by atoms with E-state index in [1.807, 2.05) is 26.1 Å². The summed E-state index contributed by atoms with van der Waals surface area (Å²) in [5, 5.41) is 6.85. The van der Waals surface area contributed by atoms with Crippen LogP contribution in [0, 0.1) is 5.41 Å². The number of ether oxygens (including phenoxy) is 3. The first kappa shape index (κ1) is 17.9. The van der Waals surface area contributed by atoms with Gasteiger partial charge in [-0.3, -0.25) is 4.99 Å². The van der Waals surface area contributed by atoms with Crippen molar-refractivity contribution in [3.8, 4) is 11.5 Å². The van der Waals surface area contributed by atoms with Crippen LogP contribution in [0.1, 0.15) is 31.7 Å². The maximum Gasteiger partial charge on any atom is 0.231 e. The molecule has 1 aromatic rings. The molecule has 0 aromatic heterocycles. The summed E-state index contributed by atoms with van der Waals surface area (Å²) < 4.78 is 16.3. The second kappa shape index (κ2) is 8.43. The largest absolute Gasteiger partial charge is 0.454 e. The normalized spacial score (nSPS) is 17.4. The van der Waals surface area contributed by atoms with Gasteiger partial charge in [-0.1, -0.05) is 6.07 Å². The number of aliphatic imine (C=N–C) groups is 1. The Hall–Kier alpha value is -1.95. The molecule has 6 nitrogen and oxygen atoms in total. The van der Waals surface area contributed by atoms with E-state index in [1.165, 1.54) is 18.4 Å². The minimum absolute atomic E-state index is 0.318. The van der Waals surface area contributed by atoms with Gasteiger partial charge in [-0.05, 0) is 55.7 Å². The number of benzene rings is 1. The standard InChI is InChI=1S/C19H29N3O3/c1-3-23-11-9-19(7-8-19)13-22-18(20-2)21-10-6-15-4-5-16-17(12-15)25-14-24-16/h4-5,12H,3,6-11,13-14H2,1-2H3,(H2,20,21,22). The molecule has 0 unspecified atom stereocenters. The van der Waals surface area contributed by atoms with Crippen molar-refractivity contribution in [2.45, 2.75) is 32.6 Å². The van der Waals surface area contributed by atoms with E-state index >= 15 is 0 Å². The highest BCUT2D eigenvalue weighted by Crippen LogP contribution is 2.48. The van der Waals surface area contributed by atoms with Crippen molar-refractivity contribution in [1.82, 2.24) is 10.6 Å². The number of guanidine groups is 1. The molecule has 1 saturated carbocycles. The van der Waals surface area contributed by atoms with E-state index in [9.17, 15) is 0 Å². The molecule has 1 heterocycles. The summed E-state index contributed by atoms with van der Waals surface area (Å²) in [6, 6.07) is 6.10. The van der Waals surface area contributed by atoms with Crippen molar-refractivity contribution in [1.29, 1.82) is 0 Å². The van der Waals surface area contributed by atoms with Gasteiger partial charge in [-0.2, -0.15) is 0 Å². The molecule has 0 bridgehead atoms. The lowest BCUT2D eigenvalue weighted by Gasteiger charge is -2.18. The van der Waals surface area contributed by atoms with Crippen LogP contribution >= 0.6 is 0 Å². The number of rotatable bonds is 9. The van der Waals surface area contributed by atoms with Crippen molar-refractivity contribution in [3.05, 3.63) is 23.8 Å². The van der Waals surface area contributed by atoms with Crippen molar-refractivity contribution < 1.29 is 14.2 Å². The molecule has 2 aliphatic rings. The molecule has 6 heteroatoms. The maximum absolute atomic E-state index is 5.50. The second-order valence-corrected chi connectivity index (χ2v) is 6.74. The van der Waals surface area contributed by atoms with Gasteiger partial charge in [0.1, 0.15) is 0 Å². The molecule has 1 aromatic carbocycles. The third-order valence-corrected chi connectivity index (χ3v) is 4.94. The van der Waals surface area contributed by atoms with Crippen molar-refractivity contribution in [3.63, 3.8) is 0 Å². The molecule has 1 aliphatic carbocycles. The van der Waals surface area contributed by atoms with Crippen molar-refractivity contribution in [2.24, 2.45) is 10.4 Å². The van der Waals surface area contributed by atoms with E-state index < -0.39 is 0 Å². The molecule has 0 spiro atoms. The summed E-state index contributed by atoms with van der Waals surface area (Å²) in [4.78, 5) is 4.32. The summed E-state index contributed by atoms with van der Waals surface area (Å²) >= 11 is 0. The predicted octanol–water partition coefficient (Wildman–Crippen LogP) is 2.33. The third kappa shape index (κ3) is 5.01. The SMILES string of the molecule is CCOCCC1(CNC(=NC)NCCc2ccc3c(c2)OCO3)CC1. The zero-order chi connectivity index (χ0) is 17.5. The van der Waals surface area contributed by atoms with Crippen molar-refractivity contribution >= 4 is 5.96 Å². The molecule has 0 amide bonds. The molecule has 0 radical (unpaired) electrons. The lowest BCUT2D eigenvalue weighted by atomic mass is 10.0.